The molecule has 24 heavy (non-hydrogen) atoms. The Hall–Kier alpha value is -3.02. The van der Waals surface area contributed by atoms with Crippen LogP contribution < -0.4 is 10.1 Å². The first-order chi connectivity index (χ1) is 11.6. The number of carbonyl (C=O) groups is 1. The molecule has 0 fully saturated rings. The van der Waals surface area contributed by atoms with E-state index >= 15 is 0 Å². The molecule has 2 aromatic rings. The minimum absolute atomic E-state index is 0.0169. The van der Waals surface area contributed by atoms with Gasteiger partial charge in [0, 0.05) is 6.42 Å². The number of hydrogen-bond acceptors (Lipinski definition) is 5. The topological polar surface area (TPSA) is 80.2 Å². The van der Waals surface area contributed by atoms with Gasteiger partial charge in [-0.3, -0.25) is 4.79 Å². The van der Waals surface area contributed by atoms with Crippen LogP contribution in [0.5, 0.6) is 11.5 Å². The highest BCUT2D eigenvalue weighted by atomic mass is 16.6. The van der Waals surface area contributed by atoms with Gasteiger partial charge in [-0.1, -0.05) is 11.2 Å². The maximum absolute atomic E-state index is 12.3. The third-order valence-electron chi connectivity index (χ3n) is 3.79. The van der Waals surface area contributed by atoms with Crippen molar-refractivity contribution in [2.75, 3.05) is 12.4 Å². The van der Waals surface area contributed by atoms with E-state index in [1.165, 1.54) is 0 Å². The second kappa shape index (κ2) is 6.62. The lowest BCUT2D eigenvalue weighted by Gasteiger charge is -2.11. The zero-order valence-corrected chi connectivity index (χ0v) is 13.4. The summed E-state index contributed by atoms with van der Waals surface area (Å²) in [7, 11) is 1.60. The second-order valence-corrected chi connectivity index (χ2v) is 5.57. The van der Waals surface area contributed by atoms with E-state index in [1.807, 2.05) is 31.2 Å². The molecular weight excluding hydrogens is 308 g/mol. The largest absolute Gasteiger partial charge is 0.506 e. The molecule has 2 aromatic carbocycles. The Morgan fingerprint density at radius 3 is 2.75 bits per heavy atom. The monoisotopic (exact) mass is 326 g/mol. The Kier molecular flexibility index (Phi) is 4.37. The zero-order chi connectivity index (χ0) is 17.1. The number of phenols is 1. The highest BCUT2D eigenvalue weighted by Crippen LogP contribution is 2.25. The SMILES string of the molecule is COc1ccc(C2=NO[C@H](C(=O)Nc3cc(C)ccc3O)C2)cc1. The van der Waals surface area contributed by atoms with Gasteiger partial charge in [-0.15, -0.1) is 0 Å². The van der Waals surface area contributed by atoms with E-state index in [2.05, 4.69) is 10.5 Å². The summed E-state index contributed by atoms with van der Waals surface area (Å²) in [6.45, 7) is 1.88. The maximum atomic E-state index is 12.3. The molecule has 6 nitrogen and oxygen atoms in total. The highest BCUT2D eigenvalue weighted by Gasteiger charge is 2.29. The summed E-state index contributed by atoms with van der Waals surface area (Å²) >= 11 is 0. The number of oxime groups is 1. The number of amides is 1. The highest BCUT2D eigenvalue weighted by molar-refractivity contribution is 6.06. The van der Waals surface area contributed by atoms with Crippen LogP contribution in [0.2, 0.25) is 0 Å². The molecule has 0 aromatic heterocycles. The van der Waals surface area contributed by atoms with Crippen LogP contribution in [-0.2, 0) is 9.63 Å². The lowest BCUT2D eigenvalue weighted by molar-refractivity contribution is -0.125. The minimum atomic E-state index is -0.720. The lowest BCUT2D eigenvalue weighted by Crippen LogP contribution is -2.28. The predicted molar refractivity (Wildman–Crippen MR) is 90.5 cm³/mol. The molecule has 1 aliphatic rings. The molecule has 0 aliphatic carbocycles. The molecule has 0 unspecified atom stereocenters. The van der Waals surface area contributed by atoms with Crippen molar-refractivity contribution in [3.05, 3.63) is 53.6 Å². The molecule has 124 valence electrons. The molecule has 0 saturated carbocycles. The smallest absolute Gasteiger partial charge is 0.268 e. The molecule has 0 bridgehead atoms. The summed E-state index contributed by atoms with van der Waals surface area (Å²) in [4.78, 5) is 17.6. The van der Waals surface area contributed by atoms with Crippen LogP contribution in [0.3, 0.4) is 0 Å². The first kappa shape index (κ1) is 15.9. The second-order valence-electron chi connectivity index (χ2n) is 5.57. The van der Waals surface area contributed by atoms with Crippen molar-refractivity contribution >= 4 is 17.3 Å². The van der Waals surface area contributed by atoms with Crippen molar-refractivity contribution in [1.82, 2.24) is 0 Å². The van der Waals surface area contributed by atoms with Gasteiger partial charge in [0.1, 0.15) is 11.5 Å². The van der Waals surface area contributed by atoms with Gasteiger partial charge in [-0.25, -0.2) is 0 Å². The number of hydrogen-bond donors (Lipinski definition) is 2. The van der Waals surface area contributed by atoms with Crippen LogP contribution >= 0.6 is 0 Å². The zero-order valence-electron chi connectivity index (χ0n) is 13.4. The summed E-state index contributed by atoms with van der Waals surface area (Å²) in [6, 6.07) is 12.4. The number of benzene rings is 2. The Labute approximate surface area is 139 Å². The van der Waals surface area contributed by atoms with Crippen LogP contribution in [-0.4, -0.2) is 29.9 Å². The van der Waals surface area contributed by atoms with Gasteiger partial charge in [0.25, 0.3) is 5.91 Å². The number of aryl methyl sites for hydroxylation is 1. The standard InChI is InChI=1S/C18H18N2O4/c1-11-3-8-16(21)15(9-11)19-18(22)17-10-14(20-24-17)12-4-6-13(23-2)7-5-12/h3-9,17,21H,10H2,1-2H3,(H,19,22)/t17-/m0/s1. The number of aromatic hydroxyl groups is 1. The number of phenolic OH excluding ortho intramolecular Hbond substituents is 1. The number of methoxy groups -OCH3 is 1. The fourth-order valence-electron chi connectivity index (χ4n) is 2.44. The normalized spacial score (nSPS) is 16.2. The summed E-state index contributed by atoms with van der Waals surface area (Å²) in [5.41, 5.74) is 2.88. The van der Waals surface area contributed by atoms with Crippen LogP contribution in [0.25, 0.3) is 0 Å². The molecule has 0 saturated heterocycles. The third kappa shape index (κ3) is 3.32. The van der Waals surface area contributed by atoms with Crippen LogP contribution in [0.15, 0.2) is 47.6 Å². The Morgan fingerprint density at radius 1 is 1.29 bits per heavy atom. The third-order valence-corrected chi connectivity index (χ3v) is 3.79. The van der Waals surface area contributed by atoms with Crippen molar-refractivity contribution < 1.29 is 19.5 Å². The van der Waals surface area contributed by atoms with E-state index < -0.39 is 6.10 Å². The van der Waals surface area contributed by atoms with Crippen molar-refractivity contribution in [3.63, 3.8) is 0 Å². The predicted octanol–water partition coefficient (Wildman–Crippen LogP) is 2.84. The van der Waals surface area contributed by atoms with E-state index in [1.54, 1.807) is 25.3 Å². The van der Waals surface area contributed by atoms with Crippen LogP contribution in [0.4, 0.5) is 5.69 Å². The summed E-state index contributed by atoms with van der Waals surface area (Å²) in [5, 5.41) is 16.5. The van der Waals surface area contributed by atoms with E-state index in [0.717, 1.165) is 16.9 Å². The maximum Gasteiger partial charge on any atom is 0.268 e. The summed E-state index contributed by atoms with van der Waals surface area (Å²) in [6.07, 6.45) is -0.355. The van der Waals surface area contributed by atoms with E-state index in [-0.39, 0.29) is 11.7 Å². The van der Waals surface area contributed by atoms with Gasteiger partial charge in [-0.2, -0.15) is 0 Å². The molecule has 6 heteroatoms. The molecule has 1 atom stereocenters. The van der Waals surface area contributed by atoms with Crippen molar-refractivity contribution in [3.8, 4) is 11.5 Å². The molecular formula is C18H18N2O4. The van der Waals surface area contributed by atoms with E-state index in [0.29, 0.717) is 17.8 Å². The molecule has 0 spiro atoms. The number of rotatable bonds is 4. The van der Waals surface area contributed by atoms with Gasteiger partial charge in [0.15, 0.2) is 0 Å². The van der Waals surface area contributed by atoms with Crippen LogP contribution in [0.1, 0.15) is 17.5 Å². The van der Waals surface area contributed by atoms with Gasteiger partial charge in [-0.05, 0) is 54.4 Å². The molecule has 0 radical (unpaired) electrons. The number of carbonyl (C=O) groups excluding carboxylic acids is 1. The van der Waals surface area contributed by atoms with Gasteiger partial charge in [0.2, 0.25) is 6.10 Å². The van der Waals surface area contributed by atoms with Crippen LogP contribution in [0, 0.1) is 6.92 Å². The minimum Gasteiger partial charge on any atom is -0.506 e. The Bertz CT molecular complexity index is 784. The number of nitrogens with one attached hydrogen (secondary N) is 1. The number of ether oxygens (including phenoxy) is 1. The Balaban J connectivity index is 1.65. The van der Waals surface area contributed by atoms with Gasteiger partial charge < -0.3 is 20.0 Å². The summed E-state index contributed by atoms with van der Waals surface area (Å²) < 4.78 is 5.12. The summed E-state index contributed by atoms with van der Waals surface area (Å²) in [5.74, 6) is 0.425. The van der Waals surface area contributed by atoms with Crippen molar-refractivity contribution in [1.29, 1.82) is 0 Å². The van der Waals surface area contributed by atoms with Gasteiger partial charge in [0.05, 0.1) is 18.5 Å². The molecule has 1 aliphatic heterocycles. The average Bonchev–Trinajstić information content (AvgIpc) is 3.08. The fraction of sp³-hybridized carbons (Fsp3) is 0.222. The first-order valence-electron chi connectivity index (χ1n) is 7.54. The average molecular weight is 326 g/mol. The number of nitrogens with zero attached hydrogens (tertiary/aromatic N) is 1. The first-order valence-corrected chi connectivity index (χ1v) is 7.54. The molecule has 1 amide bonds. The molecule has 3 rings (SSSR count). The van der Waals surface area contributed by atoms with E-state index in [4.69, 9.17) is 9.57 Å². The van der Waals surface area contributed by atoms with Crippen molar-refractivity contribution in [2.24, 2.45) is 5.16 Å². The van der Waals surface area contributed by atoms with Crippen molar-refractivity contribution in [2.45, 2.75) is 19.4 Å². The van der Waals surface area contributed by atoms with E-state index in [9.17, 15) is 9.90 Å². The molecule has 2 N–H and O–H groups in total. The molecule has 1 heterocycles. The Morgan fingerprint density at radius 2 is 2.04 bits per heavy atom. The number of anilines is 1. The van der Waals surface area contributed by atoms with Gasteiger partial charge >= 0.3 is 0 Å². The lowest BCUT2D eigenvalue weighted by atomic mass is 10.0. The quantitative estimate of drug-likeness (QED) is 0.847. The fourth-order valence-corrected chi connectivity index (χ4v) is 2.44.